The van der Waals surface area contributed by atoms with Crippen molar-refractivity contribution in [3.8, 4) is 0 Å². The van der Waals surface area contributed by atoms with Crippen molar-refractivity contribution in [2.24, 2.45) is 25.0 Å². The summed E-state index contributed by atoms with van der Waals surface area (Å²) in [7, 11) is 0. The minimum absolute atomic E-state index is 0.388. The van der Waals surface area contributed by atoms with Crippen molar-refractivity contribution >= 4 is 96.1 Å². The molecule has 6 nitrogen and oxygen atoms in total. The lowest BCUT2D eigenvalue weighted by Crippen LogP contribution is -2.15. The minimum Gasteiger partial charge on any atom is -0.324 e. The van der Waals surface area contributed by atoms with Crippen molar-refractivity contribution in [1.29, 1.82) is 0 Å². The van der Waals surface area contributed by atoms with Gasteiger partial charge in [0.1, 0.15) is 11.0 Å². The maximum atomic E-state index is 4.99. The summed E-state index contributed by atoms with van der Waals surface area (Å²) in [6.45, 7) is 0. The average Bonchev–Trinajstić information content (AvgIpc) is 3.41. The summed E-state index contributed by atoms with van der Waals surface area (Å²) in [5, 5.41) is 2.02. The molecule has 7 rings (SSSR count). The standard InChI is InChI=1S/C24H11I3N6/c25-10-1-4-13-16(7-10)22-28-19(13)31-23-17-8-11(26)2-5-14(17)21(29-23)33-24-18-9-12(27)3-6-15(18)20(30-24)32-22/h1-9,19H,(H,28,29,30,31,32,33). The Morgan fingerprint density at radius 3 is 2.06 bits per heavy atom. The number of halogens is 3. The highest BCUT2D eigenvalue weighted by Gasteiger charge is 2.29. The van der Waals surface area contributed by atoms with Gasteiger partial charge in [-0.25, -0.2) is 25.0 Å². The van der Waals surface area contributed by atoms with E-state index in [1.54, 1.807) is 0 Å². The van der Waals surface area contributed by atoms with E-state index in [4.69, 9.17) is 25.0 Å². The Morgan fingerprint density at radius 2 is 1.21 bits per heavy atom. The summed E-state index contributed by atoms with van der Waals surface area (Å²) in [5.74, 6) is 1.99. The molecule has 3 aromatic carbocycles. The molecule has 3 aliphatic rings. The zero-order chi connectivity index (χ0) is 22.3. The van der Waals surface area contributed by atoms with E-state index in [0.29, 0.717) is 17.5 Å². The van der Waals surface area contributed by atoms with Crippen molar-refractivity contribution in [3.05, 3.63) is 98.5 Å². The third-order valence-electron chi connectivity index (χ3n) is 5.86. The number of aliphatic imine (C=N–C) groups is 3. The maximum absolute atomic E-state index is 4.99. The highest BCUT2D eigenvalue weighted by molar-refractivity contribution is 14.1. The van der Waals surface area contributed by atoms with Gasteiger partial charge in [-0.05, 0) is 116 Å². The third kappa shape index (κ3) is 3.26. The second kappa shape index (κ2) is 7.50. The Labute approximate surface area is 228 Å². The number of fused-ring (bicyclic) bond motifs is 13. The molecule has 0 saturated carbocycles. The van der Waals surface area contributed by atoms with Crippen molar-refractivity contribution in [3.63, 3.8) is 0 Å². The molecule has 0 radical (unpaired) electrons. The fraction of sp³-hybridized carbons (Fsp3) is 0.0417. The average molecular weight is 764 g/mol. The van der Waals surface area contributed by atoms with E-state index in [0.717, 1.165) is 54.7 Å². The second-order valence-electron chi connectivity index (χ2n) is 7.87. The van der Waals surface area contributed by atoms with Gasteiger partial charge in [-0.1, -0.05) is 6.07 Å². The van der Waals surface area contributed by atoms with Crippen molar-refractivity contribution < 1.29 is 0 Å². The summed E-state index contributed by atoms with van der Waals surface area (Å²) >= 11 is 6.97. The molecule has 1 aromatic heterocycles. The summed E-state index contributed by atoms with van der Waals surface area (Å²) in [4.78, 5) is 28.2. The van der Waals surface area contributed by atoms with E-state index in [1.807, 2.05) is 0 Å². The fourth-order valence-corrected chi connectivity index (χ4v) is 5.83. The molecule has 1 unspecified atom stereocenters. The number of rotatable bonds is 0. The van der Waals surface area contributed by atoms with Crippen LogP contribution in [0.2, 0.25) is 0 Å². The first-order valence-electron chi connectivity index (χ1n) is 10.1. The van der Waals surface area contributed by atoms with Gasteiger partial charge >= 0.3 is 0 Å². The lowest BCUT2D eigenvalue weighted by atomic mass is 10.1. The molecular weight excluding hydrogens is 753 g/mol. The van der Waals surface area contributed by atoms with E-state index < -0.39 is 0 Å². The lowest BCUT2D eigenvalue weighted by Gasteiger charge is -2.06. The van der Waals surface area contributed by atoms with Crippen LogP contribution in [0.1, 0.15) is 28.4 Å². The monoisotopic (exact) mass is 764 g/mol. The number of hydrogen-bond donors (Lipinski definition) is 1. The zero-order valence-corrected chi connectivity index (χ0v) is 23.1. The number of nitrogens with zero attached hydrogens (tertiary/aromatic N) is 5. The molecule has 1 N–H and O–H groups in total. The number of aromatic amines is 1. The quantitative estimate of drug-likeness (QED) is 0.248. The lowest BCUT2D eigenvalue weighted by molar-refractivity contribution is 0.795. The van der Waals surface area contributed by atoms with Gasteiger partial charge < -0.3 is 4.98 Å². The molecule has 0 spiro atoms. The van der Waals surface area contributed by atoms with Crippen LogP contribution >= 0.6 is 67.8 Å². The molecule has 158 valence electrons. The second-order valence-corrected chi connectivity index (χ2v) is 11.6. The van der Waals surface area contributed by atoms with Crippen LogP contribution in [0.5, 0.6) is 0 Å². The molecular formula is C24H11I3N6. The molecule has 6 bridgehead atoms. The molecule has 0 amide bonds. The number of hydrogen-bond acceptors (Lipinski definition) is 5. The first kappa shape index (κ1) is 20.4. The normalized spacial score (nSPS) is 19.2. The van der Waals surface area contributed by atoms with Gasteiger partial charge in [0.15, 0.2) is 23.7 Å². The van der Waals surface area contributed by atoms with Gasteiger partial charge in [0.25, 0.3) is 0 Å². The van der Waals surface area contributed by atoms with E-state index in [1.165, 1.54) is 0 Å². The third-order valence-corrected chi connectivity index (χ3v) is 7.88. The highest BCUT2D eigenvalue weighted by Crippen LogP contribution is 2.34. The predicted octanol–water partition coefficient (Wildman–Crippen LogP) is 4.90. The van der Waals surface area contributed by atoms with Gasteiger partial charge in [0, 0.05) is 43.7 Å². The molecule has 4 aromatic rings. The molecule has 1 atom stereocenters. The van der Waals surface area contributed by atoms with Gasteiger partial charge in [0.2, 0.25) is 0 Å². The fourth-order valence-electron chi connectivity index (χ4n) is 4.36. The van der Waals surface area contributed by atoms with Gasteiger partial charge in [-0.3, -0.25) is 0 Å². The van der Waals surface area contributed by atoms with Crippen LogP contribution < -0.4 is 11.0 Å². The van der Waals surface area contributed by atoms with Crippen molar-refractivity contribution in [2.45, 2.75) is 6.17 Å². The molecule has 33 heavy (non-hydrogen) atoms. The molecule has 0 aliphatic carbocycles. The van der Waals surface area contributed by atoms with Gasteiger partial charge in [-0.2, -0.15) is 0 Å². The van der Waals surface area contributed by atoms with Crippen LogP contribution in [0.25, 0.3) is 10.8 Å². The van der Waals surface area contributed by atoms with Crippen LogP contribution in [-0.4, -0.2) is 22.5 Å². The van der Waals surface area contributed by atoms with Crippen LogP contribution in [0.4, 0.5) is 0 Å². The Kier molecular flexibility index (Phi) is 4.63. The highest BCUT2D eigenvalue weighted by atomic mass is 127. The molecule has 0 saturated heterocycles. The Morgan fingerprint density at radius 1 is 0.576 bits per heavy atom. The maximum Gasteiger partial charge on any atom is 0.170 e. The topological polar surface area (TPSA) is 77.6 Å². The predicted molar refractivity (Wildman–Crippen MR) is 154 cm³/mol. The summed E-state index contributed by atoms with van der Waals surface area (Å²) in [5.41, 5.74) is 5.50. The Hall–Kier alpha value is -2.00. The summed E-state index contributed by atoms with van der Waals surface area (Å²) < 4.78 is 3.40. The van der Waals surface area contributed by atoms with E-state index in [2.05, 4.69) is 127 Å². The van der Waals surface area contributed by atoms with Crippen molar-refractivity contribution in [1.82, 2.24) is 4.98 Å². The van der Waals surface area contributed by atoms with Gasteiger partial charge in [-0.15, -0.1) is 0 Å². The summed E-state index contributed by atoms with van der Waals surface area (Å²) in [6.07, 6.45) is -0.388. The van der Waals surface area contributed by atoms with Crippen LogP contribution in [-0.2, 0) is 0 Å². The molecule has 0 fully saturated rings. The minimum atomic E-state index is -0.388. The summed E-state index contributed by atoms with van der Waals surface area (Å²) in [6, 6.07) is 18.9. The van der Waals surface area contributed by atoms with Crippen LogP contribution in [0, 0.1) is 10.7 Å². The zero-order valence-electron chi connectivity index (χ0n) is 16.6. The van der Waals surface area contributed by atoms with Gasteiger partial charge in [0.05, 0.1) is 0 Å². The molecule has 3 aliphatic heterocycles. The number of aromatic nitrogens is 1. The Bertz CT molecular complexity index is 1760. The van der Waals surface area contributed by atoms with Crippen LogP contribution in [0.3, 0.4) is 0 Å². The molecule has 9 heteroatoms. The van der Waals surface area contributed by atoms with Crippen LogP contribution in [0.15, 0.2) is 79.6 Å². The SMILES string of the molecule is Ic1ccc2c(c1)C1=NC2/N=C2\N=C(N=c3[nH]c(c4ccc(I)cc34)=N1)c1ccc(I)cc12. The number of H-pyrrole nitrogens is 1. The van der Waals surface area contributed by atoms with Crippen molar-refractivity contribution in [2.75, 3.05) is 0 Å². The molecule has 4 heterocycles. The first-order chi connectivity index (χ1) is 16.0. The van der Waals surface area contributed by atoms with E-state index in [-0.39, 0.29) is 6.17 Å². The smallest absolute Gasteiger partial charge is 0.170 e. The number of amidine groups is 3. The number of benzene rings is 3. The van der Waals surface area contributed by atoms with E-state index >= 15 is 0 Å². The Balaban J connectivity index is 1.64. The number of nitrogens with one attached hydrogen (secondary N) is 1. The largest absolute Gasteiger partial charge is 0.324 e. The van der Waals surface area contributed by atoms with E-state index in [9.17, 15) is 0 Å². The first-order valence-corrected chi connectivity index (χ1v) is 13.4.